The van der Waals surface area contributed by atoms with E-state index in [-0.39, 0.29) is 0 Å². The second kappa shape index (κ2) is 6.11. The Balaban J connectivity index is 2.01. The lowest BCUT2D eigenvalue weighted by Gasteiger charge is -2.03. The van der Waals surface area contributed by atoms with E-state index in [0.717, 1.165) is 30.1 Å². The summed E-state index contributed by atoms with van der Waals surface area (Å²) in [4.78, 5) is 1.60. The maximum absolute atomic E-state index is 5.18. The van der Waals surface area contributed by atoms with Gasteiger partial charge in [0.1, 0.15) is 5.75 Å². The summed E-state index contributed by atoms with van der Waals surface area (Å²) < 4.78 is 5.18. The van der Waals surface area contributed by atoms with Crippen molar-refractivity contribution in [2.24, 2.45) is 0 Å². The van der Waals surface area contributed by atoms with E-state index in [1.54, 1.807) is 11.9 Å². The van der Waals surface area contributed by atoms with Gasteiger partial charge in [-0.2, -0.15) is 4.80 Å². The quantitative estimate of drug-likeness (QED) is 0.805. The molecule has 1 heterocycles. The van der Waals surface area contributed by atoms with Gasteiger partial charge in [0.2, 0.25) is 0 Å². The molecule has 0 aliphatic heterocycles. The van der Waals surface area contributed by atoms with Crippen LogP contribution in [-0.4, -0.2) is 40.9 Å². The maximum atomic E-state index is 5.18. The van der Waals surface area contributed by atoms with E-state index in [4.69, 9.17) is 4.74 Å². The largest absolute Gasteiger partial charge is 0.497 e. The molecule has 0 fully saturated rings. The number of tetrazole rings is 1. The number of aromatic nitrogens is 4. The number of methoxy groups -OCH3 is 1. The molecule has 0 aliphatic carbocycles. The Morgan fingerprint density at radius 1 is 1.39 bits per heavy atom. The number of nitrogens with one attached hydrogen (secondary N) is 1. The third kappa shape index (κ3) is 3.27. The first-order valence-corrected chi connectivity index (χ1v) is 5.86. The topological polar surface area (TPSA) is 64.9 Å². The zero-order valence-electron chi connectivity index (χ0n) is 10.6. The Hall–Kier alpha value is -1.95. The van der Waals surface area contributed by atoms with Gasteiger partial charge < -0.3 is 10.1 Å². The molecule has 6 nitrogen and oxygen atoms in total. The minimum atomic E-state index is 0.601. The Kier molecular flexibility index (Phi) is 4.25. The lowest BCUT2D eigenvalue weighted by Crippen LogP contribution is -2.11. The van der Waals surface area contributed by atoms with Gasteiger partial charge in [0.15, 0.2) is 5.82 Å². The highest BCUT2D eigenvalue weighted by molar-refractivity contribution is 5.28. The zero-order valence-corrected chi connectivity index (χ0v) is 10.6. The SMILES string of the molecule is CNCCc1nnn(Cc2cccc(OC)c2)n1. The Labute approximate surface area is 106 Å². The summed E-state index contributed by atoms with van der Waals surface area (Å²) >= 11 is 0. The van der Waals surface area contributed by atoms with Crippen LogP contribution in [0, 0.1) is 0 Å². The molecule has 0 saturated heterocycles. The Morgan fingerprint density at radius 2 is 2.28 bits per heavy atom. The molecule has 0 bridgehead atoms. The highest BCUT2D eigenvalue weighted by Gasteiger charge is 2.03. The summed E-state index contributed by atoms with van der Waals surface area (Å²) in [6, 6.07) is 7.85. The molecule has 1 N–H and O–H groups in total. The smallest absolute Gasteiger partial charge is 0.176 e. The van der Waals surface area contributed by atoms with Gasteiger partial charge in [0.25, 0.3) is 0 Å². The van der Waals surface area contributed by atoms with E-state index < -0.39 is 0 Å². The van der Waals surface area contributed by atoms with Crippen molar-refractivity contribution in [3.05, 3.63) is 35.7 Å². The predicted molar refractivity (Wildman–Crippen MR) is 67.5 cm³/mol. The van der Waals surface area contributed by atoms with Crippen LogP contribution in [0.1, 0.15) is 11.4 Å². The van der Waals surface area contributed by atoms with Gasteiger partial charge in [-0.25, -0.2) is 0 Å². The fourth-order valence-corrected chi connectivity index (χ4v) is 1.61. The van der Waals surface area contributed by atoms with Crippen molar-refractivity contribution < 1.29 is 4.74 Å². The van der Waals surface area contributed by atoms with Gasteiger partial charge in [-0.15, -0.1) is 10.2 Å². The maximum Gasteiger partial charge on any atom is 0.176 e. The van der Waals surface area contributed by atoms with Crippen molar-refractivity contribution in [2.75, 3.05) is 20.7 Å². The van der Waals surface area contributed by atoms with E-state index in [0.29, 0.717) is 6.54 Å². The standard InChI is InChI=1S/C12H17N5O/c1-13-7-6-12-14-16-17(15-12)9-10-4-3-5-11(8-10)18-2/h3-5,8,13H,6-7,9H2,1-2H3. The molecule has 18 heavy (non-hydrogen) atoms. The van der Waals surface area contributed by atoms with E-state index in [9.17, 15) is 0 Å². The van der Waals surface area contributed by atoms with E-state index >= 15 is 0 Å². The normalized spacial score (nSPS) is 10.6. The molecule has 2 aromatic rings. The molecule has 0 saturated carbocycles. The molecule has 1 aromatic carbocycles. The minimum Gasteiger partial charge on any atom is -0.497 e. The lowest BCUT2D eigenvalue weighted by atomic mass is 10.2. The molecule has 0 aliphatic rings. The number of rotatable bonds is 6. The van der Waals surface area contributed by atoms with Crippen LogP contribution < -0.4 is 10.1 Å². The number of nitrogens with zero attached hydrogens (tertiary/aromatic N) is 4. The van der Waals surface area contributed by atoms with Crippen LogP contribution in [0.2, 0.25) is 0 Å². The second-order valence-corrected chi connectivity index (χ2v) is 3.94. The number of hydrogen-bond donors (Lipinski definition) is 1. The fraction of sp³-hybridized carbons (Fsp3) is 0.417. The fourth-order valence-electron chi connectivity index (χ4n) is 1.61. The van der Waals surface area contributed by atoms with Crippen LogP contribution in [0.25, 0.3) is 0 Å². The summed E-state index contributed by atoms with van der Waals surface area (Å²) in [6.07, 6.45) is 0.786. The second-order valence-electron chi connectivity index (χ2n) is 3.94. The lowest BCUT2D eigenvalue weighted by molar-refractivity contribution is 0.413. The number of likely N-dealkylation sites (N-methyl/N-ethyl adjacent to an activating group) is 1. The molecular weight excluding hydrogens is 230 g/mol. The highest BCUT2D eigenvalue weighted by Crippen LogP contribution is 2.12. The van der Waals surface area contributed by atoms with Gasteiger partial charge in [-0.3, -0.25) is 0 Å². The first-order valence-electron chi connectivity index (χ1n) is 5.86. The molecule has 2 rings (SSSR count). The molecule has 1 aromatic heterocycles. The third-order valence-corrected chi connectivity index (χ3v) is 2.55. The summed E-state index contributed by atoms with van der Waals surface area (Å²) in [5.74, 6) is 1.59. The van der Waals surface area contributed by atoms with Crippen molar-refractivity contribution in [3.8, 4) is 5.75 Å². The zero-order chi connectivity index (χ0) is 12.8. The van der Waals surface area contributed by atoms with E-state index in [1.165, 1.54) is 0 Å². The molecule has 0 spiro atoms. The summed E-state index contributed by atoms with van der Waals surface area (Å²) in [6.45, 7) is 1.45. The minimum absolute atomic E-state index is 0.601. The van der Waals surface area contributed by atoms with Crippen LogP contribution in [-0.2, 0) is 13.0 Å². The van der Waals surface area contributed by atoms with Crippen molar-refractivity contribution in [1.29, 1.82) is 0 Å². The molecular formula is C12H17N5O. The molecule has 0 radical (unpaired) electrons. The predicted octanol–water partition coefficient (Wildman–Crippen LogP) is 0.492. The molecule has 0 atom stereocenters. The van der Waals surface area contributed by atoms with Crippen LogP contribution in [0.5, 0.6) is 5.75 Å². The van der Waals surface area contributed by atoms with Crippen molar-refractivity contribution >= 4 is 0 Å². The number of ether oxygens (including phenoxy) is 1. The first-order chi connectivity index (χ1) is 8.81. The van der Waals surface area contributed by atoms with Crippen LogP contribution in [0.4, 0.5) is 0 Å². The Bertz CT molecular complexity index is 497. The molecule has 6 heteroatoms. The molecule has 0 unspecified atom stereocenters. The average Bonchev–Trinajstić information content (AvgIpc) is 2.84. The summed E-state index contributed by atoms with van der Waals surface area (Å²) in [5, 5.41) is 15.4. The van der Waals surface area contributed by atoms with Crippen molar-refractivity contribution in [3.63, 3.8) is 0 Å². The molecule has 0 amide bonds. The van der Waals surface area contributed by atoms with E-state index in [2.05, 4.69) is 20.7 Å². The van der Waals surface area contributed by atoms with Gasteiger partial charge in [0, 0.05) is 13.0 Å². The van der Waals surface area contributed by atoms with Crippen LogP contribution >= 0.6 is 0 Å². The third-order valence-electron chi connectivity index (χ3n) is 2.55. The van der Waals surface area contributed by atoms with Crippen molar-refractivity contribution in [2.45, 2.75) is 13.0 Å². The van der Waals surface area contributed by atoms with Gasteiger partial charge in [0.05, 0.1) is 13.7 Å². The summed E-state index contributed by atoms with van der Waals surface area (Å²) in [5.41, 5.74) is 1.09. The average molecular weight is 247 g/mol. The summed E-state index contributed by atoms with van der Waals surface area (Å²) in [7, 11) is 3.56. The monoisotopic (exact) mass is 247 g/mol. The van der Waals surface area contributed by atoms with Gasteiger partial charge >= 0.3 is 0 Å². The van der Waals surface area contributed by atoms with Crippen LogP contribution in [0.3, 0.4) is 0 Å². The Morgan fingerprint density at radius 3 is 3.06 bits per heavy atom. The number of hydrogen-bond acceptors (Lipinski definition) is 5. The number of benzene rings is 1. The molecule has 96 valence electrons. The van der Waals surface area contributed by atoms with Crippen molar-refractivity contribution in [1.82, 2.24) is 25.5 Å². The van der Waals surface area contributed by atoms with Crippen LogP contribution in [0.15, 0.2) is 24.3 Å². The van der Waals surface area contributed by atoms with E-state index in [1.807, 2.05) is 31.3 Å². The first kappa shape index (κ1) is 12.5. The van der Waals surface area contributed by atoms with Gasteiger partial charge in [-0.1, -0.05) is 12.1 Å². The van der Waals surface area contributed by atoms with Gasteiger partial charge in [-0.05, 0) is 30.0 Å². The highest BCUT2D eigenvalue weighted by atomic mass is 16.5.